The second-order valence-corrected chi connectivity index (χ2v) is 6.76. The van der Waals surface area contributed by atoms with Crippen molar-refractivity contribution in [3.8, 4) is 11.5 Å². The maximum absolute atomic E-state index is 12.6. The van der Waals surface area contributed by atoms with Gasteiger partial charge in [-0.2, -0.15) is 0 Å². The number of fused-ring (bicyclic) bond motifs is 1. The second kappa shape index (κ2) is 8.23. The first-order valence-corrected chi connectivity index (χ1v) is 9.17. The molecule has 2 N–H and O–H groups in total. The summed E-state index contributed by atoms with van der Waals surface area (Å²) in [6.45, 7) is 5.97. The number of benzene rings is 2. The molecular weight excluding hydrogens is 328 g/mol. The lowest BCUT2D eigenvalue weighted by atomic mass is 10.1. The summed E-state index contributed by atoms with van der Waals surface area (Å²) in [6.07, 6.45) is 0.993. The maximum atomic E-state index is 12.6. The number of anilines is 1. The van der Waals surface area contributed by atoms with Crippen molar-refractivity contribution in [3.63, 3.8) is 0 Å². The van der Waals surface area contributed by atoms with Crippen LogP contribution in [0.1, 0.15) is 25.0 Å². The van der Waals surface area contributed by atoms with Crippen molar-refractivity contribution in [1.82, 2.24) is 0 Å². The summed E-state index contributed by atoms with van der Waals surface area (Å²) >= 11 is 0. The Hall–Kier alpha value is -2.53. The van der Waals surface area contributed by atoms with Gasteiger partial charge in [0.15, 0.2) is 17.5 Å². The number of amides is 1. The number of quaternary nitrogens is 1. The SMILES string of the molecule is CCc1ccc(NC(=O)[C@H](C)[NH+](C)Cc2ccc3c(c2)OCCO3)cc1. The molecule has 0 spiro atoms. The molecule has 0 saturated carbocycles. The Labute approximate surface area is 154 Å². The van der Waals surface area contributed by atoms with Crippen LogP contribution in [-0.2, 0) is 17.8 Å². The Balaban J connectivity index is 1.59. The lowest BCUT2D eigenvalue weighted by Gasteiger charge is -2.23. The minimum atomic E-state index is -0.172. The van der Waals surface area contributed by atoms with Gasteiger partial charge in [0.1, 0.15) is 19.8 Å². The summed E-state index contributed by atoms with van der Waals surface area (Å²) in [4.78, 5) is 13.7. The summed E-state index contributed by atoms with van der Waals surface area (Å²) in [6, 6.07) is 13.8. The van der Waals surface area contributed by atoms with Crippen molar-refractivity contribution in [1.29, 1.82) is 0 Å². The molecule has 0 radical (unpaired) electrons. The lowest BCUT2D eigenvalue weighted by molar-refractivity contribution is -0.907. The quantitative estimate of drug-likeness (QED) is 0.834. The number of nitrogens with one attached hydrogen (secondary N) is 2. The highest BCUT2D eigenvalue weighted by Crippen LogP contribution is 2.30. The van der Waals surface area contributed by atoms with E-state index in [1.54, 1.807) is 0 Å². The highest BCUT2D eigenvalue weighted by Gasteiger charge is 2.23. The minimum absolute atomic E-state index is 0.0179. The molecule has 1 amide bonds. The molecule has 3 rings (SSSR count). The molecule has 0 aromatic heterocycles. The first-order valence-electron chi connectivity index (χ1n) is 9.17. The zero-order valence-electron chi connectivity index (χ0n) is 15.7. The minimum Gasteiger partial charge on any atom is -0.486 e. The molecular formula is C21H27N2O3+. The molecule has 2 aromatic carbocycles. The van der Waals surface area contributed by atoms with Gasteiger partial charge in [-0.1, -0.05) is 19.1 Å². The van der Waals surface area contributed by atoms with Crippen LogP contribution in [0.5, 0.6) is 11.5 Å². The summed E-state index contributed by atoms with van der Waals surface area (Å²) in [5, 5.41) is 3.01. The van der Waals surface area contributed by atoms with Gasteiger partial charge in [0.2, 0.25) is 0 Å². The molecule has 0 bridgehead atoms. The maximum Gasteiger partial charge on any atom is 0.282 e. The first-order chi connectivity index (χ1) is 12.6. The molecule has 138 valence electrons. The van der Waals surface area contributed by atoms with E-state index in [-0.39, 0.29) is 11.9 Å². The molecule has 2 atom stereocenters. The molecule has 26 heavy (non-hydrogen) atoms. The van der Waals surface area contributed by atoms with E-state index < -0.39 is 0 Å². The van der Waals surface area contributed by atoms with Crippen molar-refractivity contribution < 1.29 is 19.2 Å². The summed E-state index contributed by atoms with van der Waals surface area (Å²) < 4.78 is 11.2. The monoisotopic (exact) mass is 355 g/mol. The number of likely N-dealkylation sites (N-methyl/N-ethyl adjacent to an activating group) is 1. The fraction of sp³-hybridized carbons (Fsp3) is 0.381. The van der Waals surface area contributed by atoms with E-state index in [1.165, 1.54) is 5.56 Å². The molecule has 0 saturated heterocycles. The lowest BCUT2D eigenvalue weighted by Crippen LogP contribution is -3.12. The van der Waals surface area contributed by atoms with Gasteiger partial charge in [-0.25, -0.2) is 0 Å². The molecule has 1 unspecified atom stereocenters. The number of aryl methyl sites for hydroxylation is 1. The Morgan fingerprint density at radius 1 is 1.08 bits per heavy atom. The molecule has 1 aliphatic heterocycles. The third kappa shape index (κ3) is 4.35. The van der Waals surface area contributed by atoms with Crippen molar-refractivity contribution in [3.05, 3.63) is 53.6 Å². The van der Waals surface area contributed by atoms with Crippen molar-refractivity contribution in [2.75, 3.05) is 25.6 Å². The predicted octanol–water partition coefficient (Wildman–Crippen LogP) is 2.06. The van der Waals surface area contributed by atoms with E-state index in [1.807, 2.05) is 56.4 Å². The zero-order valence-corrected chi connectivity index (χ0v) is 15.7. The number of ether oxygens (including phenoxy) is 2. The van der Waals surface area contributed by atoms with Crippen LogP contribution in [0.25, 0.3) is 0 Å². The second-order valence-electron chi connectivity index (χ2n) is 6.76. The smallest absolute Gasteiger partial charge is 0.282 e. The van der Waals surface area contributed by atoms with Gasteiger partial charge >= 0.3 is 0 Å². The number of carbonyl (C=O) groups excluding carboxylic acids is 1. The standard InChI is InChI=1S/C21H26N2O3/c1-4-16-5-8-18(9-6-16)22-21(24)15(2)23(3)14-17-7-10-19-20(13-17)26-12-11-25-19/h5-10,13,15H,4,11-12,14H2,1-3H3,(H,22,24)/p+1/t15-/m0/s1. The normalized spacial score (nSPS) is 15.2. The highest BCUT2D eigenvalue weighted by molar-refractivity contribution is 5.93. The van der Waals surface area contributed by atoms with E-state index in [0.717, 1.165) is 40.6 Å². The Kier molecular flexibility index (Phi) is 5.78. The Bertz CT molecular complexity index is 758. The molecule has 1 aliphatic rings. The van der Waals surface area contributed by atoms with E-state index in [4.69, 9.17) is 9.47 Å². The molecule has 5 heteroatoms. The van der Waals surface area contributed by atoms with E-state index >= 15 is 0 Å². The van der Waals surface area contributed by atoms with Crippen LogP contribution in [0, 0.1) is 0 Å². The summed E-state index contributed by atoms with van der Waals surface area (Å²) in [5.74, 6) is 1.60. The zero-order chi connectivity index (χ0) is 18.5. The Morgan fingerprint density at radius 2 is 1.73 bits per heavy atom. The topological polar surface area (TPSA) is 52.0 Å². The van der Waals surface area contributed by atoms with E-state index in [9.17, 15) is 4.79 Å². The number of carbonyl (C=O) groups is 1. The number of hydrogen-bond donors (Lipinski definition) is 2. The molecule has 5 nitrogen and oxygen atoms in total. The Morgan fingerprint density at radius 3 is 2.42 bits per heavy atom. The fourth-order valence-electron chi connectivity index (χ4n) is 2.97. The van der Waals surface area contributed by atoms with Gasteiger partial charge in [0.05, 0.1) is 7.05 Å². The van der Waals surface area contributed by atoms with Crippen molar-refractivity contribution in [2.45, 2.75) is 32.9 Å². The summed E-state index contributed by atoms with van der Waals surface area (Å²) in [7, 11) is 2.03. The third-order valence-corrected chi connectivity index (χ3v) is 4.85. The average molecular weight is 355 g/mol. The van der Waals surface area contributed by atoms with Gasteiger partial charge in [-0.05, 0) is 49.2 Å². The van der Waals surface area contributed by atoms with Crippen LogP contribution in [0.3, 0.4) is 0 Å². The largest absolute Gasteiger partial charge is 0.486 e. The predicted molar refractivity (Wildman–Crippen MR) is 102 cm³/mol. The van der Waals surface area contributed by atoms with Crippen LogP contribution >= 0.6 is 0 Å². The van der Waals surface area contributed by atoms with Gasteiger partial charge in [-0.3, -0.25) is 4.79 Å². The van der Waals surface area contributed by atoms with Crippen molar-refractivity contribution >= 4 is 11.6 Å². The van der Waals surface area contributed by atoms with E-state index in [2.05, 4.69) is 12.2 Å². The number of rotatable bonds is 6. The highest BCUT2D eigenvalue weighted by atomic mass is 16.6. The fourth-order valence-corrected chi connectivity index (χ4v) is 2.97. The van der Waals surface area contributed by atoms with Crippen molar-refractivity contribution in [2.24, 2.45) is 0 Å². The third-order valence-electron chi connectivity index (χ3n) is 4.85. The van der Waals surface area contributed by atoms with Gasteiger partial charge in [0, 0.05) is 11.3 Å². The first kappa shape index (κ1) is 18.3. The average Bonchev–Trinajstić information content (AvgIpc) is 2.67. The van der Waals surface area contributed by atoms with E-state index in [0.29, 0.717) is 13.2 Å². The molecule has 2 aromatic rings. The van der Waals surface area contributed by atoms with Gasteiger partial charge in [0.25, 0.3) is 5.91 Å². The molecule has 0 aliphatic carbocycles. The molecule has 0 fully saturated rings. The van der Waals surface area contributed by atoms with Gasteiger partial charge < -0.3 is 19.7 Å². The van der Waals surface area contributed by atoms with Gasteiger partial charge in [-0.15, -0.1) is 0 Å². The van der Waals surface area contributed by atoms with Crippen LogP contribution in [0.2, 0.25) is 0 Å². The van der Waals surface area contributed by atoms with Crippen LogP contribution < -0.4 is 19.7 Å². The van der Waals surface area contributed by atoms with Crippen LogP contribution in [-0.4, -0.2) is 32.2 Å². The van der Waals surface area contributed by atoms with Crippen LogP contribution in [0.15, 0.2) is 42.5 Å². The number of hydrogen-bond acceptors (Lipinski definition) is 3. The molecule has 1 heterocycles. The van der Waals surface area contributed by atoms with Crippen LogP contribution in [0.4, 0.5) is 5.69 Å². The summed E-state index contributed by atoms with van der Waals surface area (Å²) in [5.41, 5.74) is 3.22.